The van der Waals surface area contributed by atoms with Crippen LogP contribution in [0.2, 0.25) is 0 Å². The largest absolute Gasteiger partial charge is 0.395 e. The lowest BCUT2D eigenvalue weighted by Crippen LogP contribution is -2.31. The second-order valence-electron chi connectivity index (χ2n) is 4.54. The minimum atomic E-state index is 0.115. The number of benzene rings is 2. The van der Waals surface area contributed by atoms with E-state index in [1.54, 1.807) is 0 Å². The molecule has 2 nitrogen and oxygen atoms in total. The third kappa shape index (κ3) is 2.65. The Morgan fingerprint density at radius 2 is 1.76 bits per heavy atom. The smallest absolute Gasteiger partial charge is 0.0582 e. The lowest BCUT2D eigenvalue weighted by Gasteiger charge is -2.20. The van der Waals surface area contributed by atoms with E-state index in [2.05, 4.69) is 54.7 Å². The van der Waals surface area contributed by atoms with Crippen molar-refractivity contribution in [2.75, 3.05) is 6.61 Å². The Kier molecular flexibility index (Phi) is 3.77. The fourth-order valence-electron chi connectivity index (χ4n) is 2.20. The number of hydrogen-bond acceptors (Lipinski definition) is 2. The van der Waals surface area contributed by atoms with Crippen LogP contribution in [0.3, 0.4) is 0 Å². The standard InChI is InChI=1S/C15H19NO/c1-11(10-17)16-12(2)14-9-5-7-13-6-3-4-8-15(13)14/h3-9,11-12,16-17H,10H2,1-2H3/t11-,12?/m1/s1. The molecule has 0 aliphatic carbocycles. The van der Waals surface area contributed by atoms with Crippen molar-refractivity contribution < 1.29 is 5.11 Å². The van der Waals surface area contributed by atoms with Crippen LogP contribution in [0.25, 0.3) is 10.8 Å². The van der Waals surface area contributed by atoms with Crippen molar-refractivity contribution in [2.45, 2.75) is 25.9 Å². The molecule has 2 aromatic carbocycles. The number of rotatable bonds is 4. The van der Waals surface area contributed by atoms with E-state index < -0.39 is 0 Å². The van der Waals surface area contributed by atoms with Gasteiger partial charge in [0, 0.05) is 12.1 Å². The molecule has 0 saturated heterocycles. The first-order valence-electron chi connectivity index (χ1n) is 6.07. The summed E-state index contributed by atoms with van der Waals surface area (Å²) < 4.78 is 0. The number of hydrogen-bond donors (Lipinski definition) is 2. The molecule has 0 heterocycles. The van der Waals surface area contributed by atoms with Gasteiger partial charge in [0.05, 0.1) is 6.61 Å². The third-order valence-corrected chi connectivity index (χ3v) is 3.10. The van der Waals surface area contributed by atoms with Crippen LogP contribution in [0.15, 0.2) is 42.5 Å². The summed E-state index contributed by atoms with van der Waals surface area (Å²) in [5, 5.41) is 15.0. The lowest BCUT2D eigenvalue weighted by atomic mass is 9.99. The van der Waals surface area contributed by atoms with E-state index in [4.69, 9.17) is 5.11 Å². The molecule has 0 saturated carbocycles. The zero-order valence-electron chi connectivity index (χ0n) is 10.4. The highest BCUT2D eigenvalue weighted by Gasteiger charge is 2.10. The Morgan fingerprint density at radius 3 is 2.53 bits per heavy atom. The second kappa shape index (κ2) is 5.30. The Hall–Kier alpha value is -1.38. The van der Waals surface area contributed by atoms with Gasteiger partial charge in [0.25, 0.3) is 0 Å². The highest BCUT2D eigenvalue weighted by molar-refractivity contribution is 5.86. The Balaban J connectivity index is 2.34. The molecule has 90 valence electrons. The van der Waals surface area contributed by atoms with Crippen molar-refractivity contribution in [1.82, 2.24) is 5.32 Å². The quantitative estimate of drug-likeness (QED) is 0.845. The molecule has 0 bridgehead atoms. The van der Waals surface area contributed by atoms with Crippen molar-refractivity contribution in [2.24, 2.45) is 0 Å². The predicted molar refractivity (Wildman–Crippen MR) is 72.0 cm³/mol. The molecule has 0 aromatic heterocycles. The van der Waals surface area contributed by atoms with Gasteiger partial charge in [0.15, 0.2) is 0 Å². The molecule has 17 heavy (non-hydrogen) atoms. The first-order valence-corrected chi connectivity index (χ1v) is 6.07. The van der Waals surface area contributed by atoms with Crippen LogP contribution in [0.4, 0.5) is 0 Å². The molecule has 0 aliphatic heterocycles. The van der Waals surface area contributed by atoms with E-state index in [1.165, 1.54) is 16.3 Å². The Morgan fingerprint density at radius 1 is 1.06 bits per heavy atom. The van der Waals surface area contributed by atoms with E-state index in [1.807, 2.05) is 6.92 Å². The van der Waals surface area contributed by atoms with Gasteiger partial charge in [-0.2, -0.15) is 0 Å². The van der Waals surface area contributed by atoms with Gasteiger partial charge in [0.2, 0.25) is 0 Å². The summed E-state index contributed by atoms with van der Waals surface area (Å²) in [6, 6.07) is 15.1. The van der Waals surface area contributed by atoms with Crippen LogP contribution < -0.4 is 5.32 Å². The summed E-state index contributed by atoms with van der Waals surface area (Å²) >= 11 is 0. The maximum absolute atomic E-state index is 9.08. The molecule has 0 radical (unpaired) electrons. The van der Waals surface area contributed by atoms with E-state index in [0.29, 0.717) is 0 Å². The molecule has 2 heteroatoms. The highest BCUT2D eigenvalue weighted by atomic mass is 16.3. The summed E-state index contributed by atoms with van der Waals surface area (Å²) in [5.74, 6) is 0. The van der Waals surface area contributed by atoms with E-state index in [-0.39, 0.29) is 18.7 Å². The molecule has 0 spiro atoms. The molecular weight excluding hydrogens is 210 g/mol. The molecule has 2 atom stereocenters. The van der Waals surface area contributed by atoms with E-state index >= 15 is 0 Å². The molecule has 0 amide bonds. The molecule has 1 unspecified atom stereocenters. The minimum Gasteiger partial charge on any atom is -0.395 e. The van der Waals surface area contributed by atoms with Crippen LogP contribution in [0.5, 0.6) is 0 Å². The first-order chi connectivity index (χ1) is 8.22. The van der Waals surface area contributed by atoms with Crippen molar-refractivity contribution in [1.29, 1.82) is 0 Å². The van der Waals surface area contributed by atoms with Crippen LogP contribution in [-0.4, -0.2) is 17.8 Å². The van der Waals surface area contributed by atoms with Crippen LogP contribution in [0.1, 0.15) is 25.5 Å². The monoisotopic (exact) mass is 229 g/mol. The van der Waals surface area contributed by atoms with Crippen LogP contribution >= 0.6 is 0 Å². The molecule has 0 aliphatic rings. The Labute approximate surface area is 102 Å². The molecule has 2 rings (SSSR count). The molecule has 2 aromatic rings. The molecular formula is C15H19NO. The highest BCUT2D eigenvalue weighted by Crippen LogP contribution is 2.24. The second-order valence-corrected chi connectivity index (χ2v) is 4.54. The number of fused-ring (bicyclic) bond motifs is 1. The van der Waals surface area contributed by atoms with Crippen molar-refractivity contribution in [3.05, 3.63) is 48.0 Å². The predicted octanol–water partition coefficient (Wildman–Crippen LogP) is 2.87. The van der Waals surface area contributed by atoms with Crippen LogP contribution in [0, 0.1) is 0 Å². The van der Waals surface area contributed by atoms with Gasteiger partial charge < -0.3 is 10.4 Å². The minimum absolute atomic E-state index is 0.115. The average molecular weight is 229 g/mol. The van der Waals surface area contributed by atoms with Gasteiger partial charge in [-0.3, -0.25) is 0 Å². The zero-order valence-corrected chi connectivity index (χ0v) is 10.4. The lowest BCUT2D eigenvalue weighted by molar-refractivity contribution is 0.243. The number of aliphatic hydroxyl groups is 1. The first kappa shape index (κ1) is 12.1. The topological polar surface area (TPSA) is 32.3 Å². The summed E-state index contributed by atoms with van der Waals surface area (Å²) in [5.41, 5.74) is 1.28. The van der Waals surface area contributed by atoms with Gasteiger partial charge in [-0.25, -0.2) is 0 Å². The SMILES string of the molecule is CC(N[C@H](C)CO)c1cccc2ccccc12. The fraction of sp³-hybridized carbons (Fsp3) is 0.333. The van der Waals surface area contributed by atoms with Crippen molar-refractivity contribution >= 4 is 10.8 Å². The normalized spacial score (nSPS) is 14.8. The maximum atomic E-state index is 9.08. The summed E-state index contributed by atoms with van der Waals surface area (Å²) in [6.07, 6.45) is 0. The third-order valence-electron chi connectivity index (χ3n) is 3.10. The summed E-state index contributed by atoms with van der Waals surface area (Å²) in [7, 11) is 0. The summed E-state index contributed by atoms with van der Waals surface area (Å²) in [4.78, 5) is 0. The number of aliphatic hydroxyl groups excluding tert-OH is 1. The van der Waals surface area contributed by atoms with Gasteiger partial charge in [-0.15, -0.1) is 0 Å². The molecule has 0 fully saturated rings. The van der Waals surface area contributed by atoms with Crippen molar-refractivity contribution in [3.63, 3.8) is 0 Å². The van der Waals surface area contributed by atoms with Crippen molar-refractivity contribution in [3.8, 4) is 0 Å². The van der Waals surface area contributed by atoms with Crippen LogP contribution in [-0.2, 0) is 0 Å². The number of nitrogens with one attached hydrogen (secondary N) is 1. The van der Waals surface area contributed by atoms with Gasteiger partial charge in [-0.05, 0) is 30.2 Å². The van der Waals surface area contributed by atoms with Gasteiger partial charge in [0.1, 0.15) is 0 Å². The van der Waals surface area contributed by atoms with Gasteiger partial charge in [-0.1, -0.05) is 42.5 Å². The van der Waals surface area contributed by atoms with E-state index in [0.717, 1.165) is 0 Å². The molecule has 2 N–H and O–H groups in total. The fourth-order valence-corrected chi connectivity index (χ4v) is 2.20. The Bertz CT molecular complexity index is 490. The van der Waals surface area contributed by atoms with Gasteiger partial charge >= 0.3 is 0 Å². The van der Waals surface area contributed by atoms with E-state index in [9.17, 15) is 0 Å². The summed E-state index contributed by atoms with van der Waals surface area (Å²) in [6.45, 7) is 4.28. The average Bonchev–Trinajstić information content (AvgIpc) is 2.37. The maximum Gasteiger partial charge on any atom is 0.0582 e. The zero-order chi connectivity index (χ0) is 12.3.